The summed E-state index contributed by atoms with van der Waals surface area (Å²) < 4.78 is 0. The third kappa shape index (κ3) is 3.21. The summed E-state index contributed by atoms with van der Waals surface area (Å²) in [6.45, 7) is 3.14. The predicted octanol–water partition coefficient (Wildman–Crippen LogP) is -0.843. The third-order valence-electron chi connectivity index (χ3n) is 2.33. The number of primary amides is 1. The lowest BCUT2D eigenvalue weighted by atomic mass is 10.3. The Bertz CT molecular complexity index is 224. The highest BCUT2D eigenvalue weighted by molar-refractivity contribution is 5.72. The summed E-state index contributed by atoms with van der Waals surface area (Å²) in [5, 5.41) is 8.47. The van der Waals surface area contributed by atoms with Gasteiger partial charge in [-0.2, -0.15) is 0 Å². The highest BCUT2D eigenvalue weighted by Gasteiger charge is 2.18. The molecule has 3 N–H and O–H groups in total. The van der Waals surface area contributed by atoms with Crippen LogP contribution in [0.2, 0.25) is 0 Å². The van der Waals surface area contributed by atoms with Crippen LogP contribution in [0.25, 0.3) is 0 Å². The highest BCUT2D eigenvalue weighted by Crippen LogP contribution is 2.01. The second-order valence-electron chi connectivity index (χ2n) is 3.31. The minimum atomic E-state index is -0.790. The molecule has 0 aromatic rings. The first-order chi connectivity index (χ1) is 6.59. The fourth-order valence-electron chi connectivity index (χ4n) is 1.45. The number of carboxylic acid groups (broad SMARTS) is 1. The van der Waals surface area contributed by atoms with Crippen molar-refractivity contribution in [1.29, 1.82) is 0 Å². The first-order valence-corrected chi connectivity index (χ1v) is 4.58. The topological polar surface area (TPSA) is 86.9 Å². The van der Waals surface area contributed by atoms with Gasteiger partial charge in [-0.05, 0) is 0 Å². The molecule has 14 heavy (non-hydrogen) atoms. The monoisotopic (exact) mass is 201 g/mol. The number of amides is 2. The Kier molecular flexibility index (Phi) is 3.70. The van der Waals surface area contributed by atoms with Crippen molar-refractivity contribution in [3.05, 3.63) is 0 Å². The maximum Gasteiger partial charge on any atom is 0.314 e. The molecule has 0 aromatic carbocycles. The summed E-state index contributed by atoms with van der Waals surface area (Å²) in [7, 11) is 0. The van der Waals surface area contributed by atoms with Crippen molar-refractivity contribution in [2.45, 2.75) is 6.42 Å². The number of aliphatic carboxylic acids is 1. The summed E-state index contributed by atoms with van der Waals surface area (Å²) in [6.07, 6.45) is 0.149. The van der Waals surface area contributed by atoms with Gasteiger partial charge in [-0.25, -0.2) is 4.79 Å². The van der Waals surface area contributed by atoms with E-state index < -0.39 is 12.0 Å². The molecule has 1 aliphatic rings. The van der Waals surface area contributed by atoms with E-state index in [9.17, 15) is 9.59 Å². The number of hydrogen-bond donors (Lipinski definition) is 2. The van der Waals surface area contributed by atoms with Crippen molar-refractivity contribution in [2.24, 2.45) is 5.73 Å². The maximum absolute atomic E-state index is 10.8. The van der Waals surface area contributed by atoms with Crippen molar-refractivity contribution in [3.63, 3.8) is 0 Å². The SMILES string of the molecule is NC(=O)N1CCN(CCC(=O)O)CC1. The number of hydrogen-bond acceptors (Lipinski definition) is 3. The number of urea groups is 1. The molecule has 1 saturated heterocycles. The molecule has 0 bridgehead atoms. The Balaban J connectivity index is 2.22. The smallest absolute Gasteiger partial charge is 0.314 e. The number of carboxylic acids is 1. The van der Waals surface area contributed by atoms with Crippen LogP contribution in [-0.2, 0) is 4.79 Å². The van der Waals surface area contributed by atoms with Crippen molar-refractivity contribution in [2.75, 3.05) is 32.7 Å². The zero-order chi connectivity index (χ0) is 10.6. The van der Waals surface area contributed by atoms with E-state index >= 15 is 0 Å². The maximum atomic E-state index is 10.8. The molecule has 0 saturated carbocycles. The molecular formula is C8H15N3O3. The second kappa shape index (κ2) is 4.80. The van der Waals surface area contributed by atoms with Gasteiger partial charge in [0, 0.05) is 32.7 Å². The normalized spacial score (nSPS) is 18.1. The zero-order valence-electron chi connectivity index (χ0n) is 7.98. The third-order valence-corrected chi connectivity index (χ3v) is 2.33. The molecule has 0 aromatic heterocycles. The van der Waals surface area contributed by atoms with Crippen LogP contribution in [-0.4, -0.2) is 59.6 Å². The van der Waals surface area contributed by atoms with Gasteiger partial charge < -0.3 is 15.7 Å². The molecule has 1 fully saturated rings. The largest absolute Gasteiger partial charge is 0.481 e. The van der Waals surface area contributed by atoms with Crippen molar-refractivity contribution in [1.82, 2.24) is 9.80 Å². The molecule has 0 radical (unpaired) electrons. The van der Waals surface area contributed by atoms with E-state index in [1.807, 2.05) is 4.90 Å². The molecule has 6 heteroatoms. The summed E-state index contributed by atoms with van der Waals surface area (Å²) in [5.41, 5.74) is 5.11. The van der Waals surface area contributed by atoms with Gasteiger partial charge in [0.2, 0.25) is 0 Å². The summed E-state index contributed by atoms with van der Waals surface area (Å²) in [4.78, 5) is 24.7. The molecule has 2 amide bonds. The zero-order valence-corrected chi connectivity index (χ0v) is 7.98. The Hall–Kier alpha value is -1.30. The molecule has 0 aliphatic carbocycles. The quantitative estimate of drug-likeness (QED) is 0.623. The number of carbonyl (C=O) groups excluding carboxylic acids is 1. The van der Waals surface area contributed by atoms with Crippen molar-refractivity contribution in [3.8, 4) is 0 Å². The summed E-state index contributed by atoms with van der Waals surface area (Å²) in [6, 6.07) is -0.400. The van der Waals surface area contributed by atoms with E-state index in [0.717, 1.165) is 0 Å². The van der Waals surface area contributed by atoms with Gasteiger partial charge in [-0.3, -0.25) is 9.69 Å². The minimum Gasteiger partial charge on any atom is -0.481 e. The Labute approximate surface area is 82.3 Å². The van der Waals surface area contributed by atoms with E-state index in [2.05, 4.69) is 0 Å². The van der Waals surface area contributed by atoms with Gasteiger partial charge in [0.15, 0.2) is 0 Å². The van der Waals surface area contributed by atoms with Crippen molar-refractivity contribution < 1.29 is 14.7 Å². The van der Waals surface area contributed by atoms with Crippen LogP contribution in [0.3, 0.4) is 0 Å². The second-order valence-corrected chi connectivity index (χ2v) is 3.31. The standard InChI is InChI=1S/C8H15N3O3/c9-8(14)11-5-3-10(4-6-11)2-1-7(12)13/h1-6H2,(H2,9,14)(H,12,13). The number of nitrogens with zero attached hydrogens (tertiary/aromatic N) is 2. The van der Waals surface area contributed by atoms with E-state index in [1.165, 1.54) is 0 Å². The molecule has 80 valence electrons. The lowest BCUT2D eigenvalue weighted by molar-refractivity contribution is -0.137. The molecule has 0 spiro atoms. The van der Waals surface area contributed by atoms with E-state index in [1.54, 1.807) is 4.90 Å². The van der Waals surface area contributed by atoms with Gasteiger partial charge in [0.05, 0.1) is 6.42 Å². The number of rotatable bonds is 3. The van der Waals surface area contributed by atoms with Gasteiger partial charge in [0.25, 0.3) is 0 Å². The van der Waals surface area contributed by atoms with E-state index in [-0.39, 0.29) is 6.42 Å². The van der Waals surface area contributed by atoms with Gasteiger partial charge in [0.1, 0.15) is 0 Å². The molecule has 0 unspecified atom stereocenters. The number of carbonyl (C=O) groups is 2. The fraction of sp³-hybridized carbons (Fsp3) is 0.750. The molecule has 0 atom stereocenters. The lowest BCUT2D eigenvalue weighted by Crippen LogP contribution is -2.50. The fourth-order valence-corrected chi connectivity index (χ4v) is 1.45. The Morgan fingerprint density at radius 3 is 2.21 bits per heavy atom. The van der Waals surface area contributed by atoms with Crippen LogP contribution in [0.5, 0.6) is 0 Å². The van der Waals surface area contributed by atoms with Crippen LogP contribution in [0, 0.1) is 0 Å². The average Bonchev–Trinajstić information content (AvgIpc) is 2.15. The molecular weight excluding hydrogens is 186 g/mol. The van der Waals surface area contributed by atoms with Gasteiger partial charge in [-0.1, -0.05) is 0 Å². The van der Waals surface area contributed by atoms with Crippen LogP contribution in [0.15, 0.2) is 0 Å². The minimum absolute atomic E-state index is 0.149. The summed E-state index contributed by atoms with van der Waals surface area (Å²) in [5.74, 6) is -0.790. The van der Waals surface area contributed by atoms with Crippen LogP contribution in [0.4, 0.5) is 4.79 Å². The van der Waals surface area contributed by atoms with Crippen LogP contribution >= 0.6 is 0 Å². The van der Waals surface area contributed by atoms with Gasteiger partial charge in [-0.15, -0.1) is 0 Å². The first kappa shape index (κ1) is 10.8. The molecule has 1 aliphatic heterocycles. The number of nitrogens with two attached hydrogens (primary N) is 1. The molecule has 1 heterocycles. The van der Waals surface area contributed by atoms with Crippen molar-refractivity contribution >= 4 is 12.0 Å². The summed E-state index contributed by atoms with van der Waals surface area (Å²) >= 11 is 0. The Morgan fingerprint density at radius 2 is 1.79 bits per heavy atom. The molecule has 6 nitrogen and oxygen atoms in total. The first-order valence-electron chi connectivity index (χ1n) is 4.58. The lowest BCUT2D eigenvalue weighted by Gasteiger charge is -2.33. The number of piperazine rings is 1. The molecule has 1 rings (SSSR count). The highest BCUT2D eigenvalue weighted by atomic mass is 16.4. The van der Waals surface area contributed by atoms with Crippen LogP contribution < -0.4 is 5.73 Å². The van der Waals surface area contributed by atoms with Crippen LogP contribution in [0.1, 0.15) is 6.42 Å². The van der Waals surface area contributed by atoms with E-state index in [0.29, 0.717) is 32.7 Å². The predicted molar refractivity (Wildman–Crippen MR) is 49.8 cm³/mol. The average molecular weight is 201 g/mol. The Morgan fingerprint density at radius 1 is 1.21 bits per heavy atom. The van der Waals surface area contributed by atoms with E-state index in [4.69, 9.17) is 10.8 Å². The van der Waals surface area contributed by atoms with Gasteiger partial charge >= 0.3 is 12.0 Å².